The Morgan fingerprint density at radius 3 is 2.27 bits per heavy atom. The number of unbranched alkanes of at least 4 members (excludes halogenated alkanes) is 1. The van der Waals surface area contributed by atoms with Crippen LogP contribution in [-0.2, 0) is 16.4 Å². The number of hydrogen-bond donors (Lipinski definition) is 2. The van der Waals surface area contributed by atoms with Crippen LogP contribution in [-0.4, -0.2) is 20.1 Å². The number of primary amides is 1. The summed E-state index contributed by atoms with van der Waals surface area (Å²) in [6.07, 6.45) is 2.37. The van der Waals surface area contributed by atoms with E-state index in [4.69, 9.17) is 22.5 Å². The van der Waals surface area contributed by atoms with Crippen LogP contribution >= 0.6 is 11.6 Å². The van der Waals surface area contributed by atoms with Gasteiger partial charge in [0.1, 0.15) is 4.90 Å². The van der Waals surface area contributed by atoms with Crippen LogP contribution in [0.5, 0.6) is 0 Å². The highest BCUT2D eigenvalue weighted by Gasteiger charge is 2.18. The molecule has 0 saturated heterocycles. The van der Waals surface area contributed by atoms with Gasteiger partial charge in [-0.25, -0.2) is 13.6 Å². The number of aryl methyl sites for hydroxylation is 1. The zero-order valence-electron chi connectivity index (χ0n) is 14.2. The van der Waals surface area contributed by atoms with Crippen LogP contribution in [0.1, 0.15) is 51.6 Å². The number of nitrogens with two attached hydrogens (primary N) is 2. The average molecular weight is 395 g/mol. The van der Waals surface area contributed by atoms with Gasteiger partial charge in [0.15, 0.2) is 5.78 Å². The van der Waals surface area contributed by atoms with Crippen molar-refractivity contribution >= 4 is 33.3 Å². The summed E-state index contributed by atoms with van der Waals surface area (Å²) in [5.74, 6) is -0.960. The molecule has 0 heterocycles. The number of hydrogen-bond acceptors (Lipinski definition) is 4. The van der Waals surface area contributed by atoms with Gasteiger partial charge in [-0.2, -0.15) is 0 Å². The summed E-state index contributed by atoms with van der Waals surface area (Å²) >= 11 is 5.85. The number of sulfonamides is 1. The molecule has 0 aliphatic heterocycles. The molecule has 0 aliphatic carbocycles. The predicted molar refractivity (Wildman–Crippen MR) is 99.8 cm³/mol. The number of primary sulfonamides is 1. The summed E-state index contributed by atoms with van der Waals surface area (Å²) in [5.41, 5.74) is 6.90. The molecular formula is C18H19ClN2O4S. The van der Waals surface area contributed by atoms with Crippen LogP contribution in [0.25, 0.3) is 0 Å². The van der Waals surface area contributed by atoms with Crippen LogP contribution in [0.4, 0.5) is 0 Å². The summed E-state index contributed by atoms with van der Waals surface area (Å²) < 4.78 is 23.2. The number of ketones is 1. The monoisotopic (exact) mass is 394 g/mol. The number of halogens is 1. The van der Waals surface area contributed by atoms with Crippen molar-refractivity contribution in [2.24, 2.45) is 10.9 Å². The Bertz CT molecular complexity index is 971. The standard InChI is InChI=1S/C18H19ClN2O4S/c1-2-3-4-11-9-12(5-7-14(11)18(20)23)17(22)13-6-8-15(19)16(10-13)26(21,24)25/h5-10H,2-4H2,1H3,(H2,20,23)(H2,21,24,25). The van der Waals surface area contributed by atoms with E-state index in [1.165, 1.54) is 24.3 Å². The maximum absolute atomic E-state index is 12.7. The third-order valence-corrected chi connectivity index (χ3v) is 5.32. The molecule has 0 fully saturated rings. The second-order valence-electron chi connectivity index (χ2n) is 5.86. The SMILES string of the molecule is CCCCc1cc(C(=O)c2ccc(Cl)c(S(N)(=O)=O)c2)ccc1C(N)=O. The van der Waals surface area contributed by atoms with Crippen LogP contribution in [0, 0.1) is 0 Å². The van der Waals surface area contributed by atoms with E-state index in [-0.39, 0.29) is 15.5 Å². The highest BCUT2D eigenvalue weighted by atomic mass is 35.5. The molecule has 0 aliphatic rings. The molecule has 4 N–H and O–H groups in total. The molecule has 0 bridgehead atoms. The van der Waals surface area contributed by atoms with E-state index in [1.54, 1.807) is 6.07 Å². The Morgan fingerprint density at radius 1 is 1.08 bits per heavy atom. The minimum absolute atomic E-state index is 0.0586. The molecule has 2 aromatic rings. The first-order valence-electron chi connectivity index (χ1n) is 7.95. The molecule has 0 spiro atoms. The first kappa shape index (κ1) is 20.1. The van der Waals surface area contributed by atoms with Gasteiger partial charge in [-0.1, -0.05) is 31.0 Å². The maximum atomic E-state index is 12.7. The summed E-state index contributed by atoms with van der Waals surface area (Å²) in [4.78, 5) is 24.0. The molecule has 138 valence electrons. The number of benzene rings is 2. The van der Waals surface area contributed by atoms with Gasteiger partial charge >= 0.3 is 0 Å². The highest BCUT2D eigenvalue weighted by molar-refractivity contribution is 7.89. The predicted octanol–water partition coefficient (Wildman–Crippen LogP) is 2.66. The van der Waals surface area contributed by atoms with Crippen LogP contribution in [0.3, 0.4) is 0 Å². The number of rotatable bonds is 7. The Kier molecular flexibility index (Phi) is 6.17. The largest absolute Gasteiger partial charge is 0.366 e. The molecule has 0 unspecified atom stereocenters. The summed E-state index contributed by atoms with van der Waals surface area (Å²) in [6, 6.07) is 8.49. The van der Waals surface area contributed by atoms with Gasteiger partial charge in [0.2, 0.25) is 15.9 Å². The molecule has 6 nitrogen and oxygen atoms in total. The minimum atomic E-state index is -4.06. The summed E-state index contributed by atoms with van der Waals surface area (Å²) in [7, 11) is -4.06. The minimum Gasteiger partial charge on any atom is -0.366 e. The number of carbonyl (C=O) groups is 2. The molecule has 2 rings (SSSR count). The third kappa shape index (κ3) is 4.49. The van der Waals surface area contributed by atoms with Gasteiger partial charge in [-0.05, 0) is 48.7 Å². The average Bonchev–Trinajstić information content (AvgIpc) is 2.58. The molecule has 0 radical (unpaired) electrons. The van der Waals surface area contributed by atoms with Crippen molar-refractivity contribution in [3.05, 3.63) is 63.7 Å². The van der Waals surface area contributed by atoms with E-state index in [1.807, 2.05) is 6.92 Å². The highest BCUT2D eigenvalue weighted by Crippen LogP contribution is 2.24. The van der Waals surface area contributed by atoms with E-state index in [0.29, 0.717) is 23.1 Å². The lowest BCUT2D eigenvalue weighted by Gasteiger charge is -2.10. The van der Waals surface area contributed by atoms with Gasteiger partial charge in [-0.15, -0.1) is 0 Å². The lowest BCUT2D eigenvalue weighted by atomic mass is 9.95. The smallest absolute Gasteiger partial charge is 0.248 e. The number of carbonyl (C=O) groups excluding carboxylic acids is 2. The Hall–Kier alpha value is -2.22. The van der Waals surface area contributed by atoms with E-state index in [2.05, 4.69) is 0 Å². The van der Waals surface area contributed by atoms with Gasteiger partial charge in [-0.3, -0.25) is 9.59 Å². The van der Waals surface area contributed by atoms with Gasteiger partial charge in [0.25, 0.3) is 0 Å². The van der Waals surface area contributed by atoms with Crippen molar-refractivity contribution in [1.82, 2.24) is 0 Å². The Morgan fingerprint density at radius 2 is 1.69 bits per heavy atom. The molecule has 0 saturated carbocycles. The molecule has 26 heavy (non-hydrogen) atoms. The lowest BCUT2D eigenvalue weighted by Crippen LogP contribution is -2.15. The lowest BCUT2D eigenvalue weighted by molar-refractivity contribution is 0.0995. The van der Waals surface area contributed by atoms with Crippen molar-refractivity contribution < 1.29 is 18.0 Å². The van der Waals surface area contributed by atoms with Crippen molar-refractivity contribution in [2.75, 3.05) is 0 Å². The molecular weight excluding hydrogens is 376 g/mol. The van der Waals surface area contributed by atoms with Crippen molar-refractivity contribution in [3.63, 3.8) is 0 Å². The third-order valence-electron chi connectivity index (χ3n) is 3.93. The van der Waals surface area contributed by atoms with E-state index in [9.17, 15) is 18.0 Å². The topological polar surface area (TPSA) is 120 Å². The van der Waals surface area contributed by atoms with Crippen LogP contribution < -0.4 is 10.9 Å². The fourth-order valence-electron chi connectivity index (χ4n) is 2.58. The second kappa shape index (κ2) is 7.99. The fourth-order valence-corrected chi connectivity index (χ4v) is 3.65. The molecule has 8 heteroatoms. The molecule has 0 atom stereocenters. The summed E-state index contributed by atoms with van der Waals surface area (Å²) in [5, 5.41) is 5.06. The zero-order chi connectivity index (χ0) is 19.5. The van der Waals surface area contributed by atoms with Gasteiger partial charge < -0.3 is 5.73 Å². The molecule has 0 aromatic heterocycles. The zero-order valence-corrected chi connectivity index (χ0v) is 15.7. The van der Waals surface area contributed by atoms with E-state index >= 15 is 0 Å². The van der Waals surface area contributed by atoms with Crippen molar-refractivity contribution in [1.29, 1.82) is 0 Å². The van der Waals surface area contributed by atoms with E-state index in [0.717, 1.165) is 18.9 Å². The van der Waals surface area contributed by atoms with Crippen molar-refractivity contribution in [3.8, 4) is 0 Å². The maximum Gasteiger partial charge on any atom is 0.248 e. The Labute approximate surface area is 157 Å². The van der Waals surface area contributed by atoms with E-state index < -0.39 is 21.7 Å². The first-order chi connectivity index (χ1) is 12.1. The van der Waals surface area contributed by atoms with Crippen LogP contribution in [0.2, 0.25) is 5.02 Å². The second-order valence-corrected chi connectivity index (χ2v) is 7.80. The Balaban J connectivity index is 2.48. The quantitative estimate of drug-likeness (QED) is 0.701. The molecule has 1 amide bonds. The van der Waals surface area contributed by atoms with Crippen LogP contribution in [0.15, 0.2) is 41.3 Å². The van der Waals surface area contributed by atoms with Gasteiger partial charge in [0.05, 0.1) is 5.02 Å². The molecule has 2 aromatic carbocycles. The normalized spacial score (nSPS) is 11.3. The summed E-state index contributed by atoms with van der Waals surface area (Å²) in [6.45, 7) is 2.02. The first-order valence-corrected chi connectivity index (χ1v) is 9.87. The number of amides is 1. The van der Waals surface area contributed by atoms with Gasteiger partial charge in [0, 0.05) is 16.7 Å². The fraction of sp³-hybridized carbons (Fsp3) is 0.222. The van der Waals surface area contributed by atoms with Crippen molar-refractivity contribution in [2.45, 2.75) is 31.1 Å².